The summed E-state index contributed by atoms with van der Waals surface area (Å²) >= 11 is 0. The molecule has 1 aliphatic rings. The first-order chi connectivity index (χ1) is 8.63. The highest BCUT2D eigenvalue weighted by Gasteiger charge is 2.19. The van der Waals surface area contributed by atoms with Crippen LogP contribution in [0.3, 0.4) is 0 Å². The maximum absolute atomic E-state index is 9.98. The van der Waals surface area contributed by atoms with Crippen molar-refractivity contribution in [1.29, 1.82) is 0 Å². The molecule has 0 saturated heterocycles. The minimum absolute atomic E-state index is 0.525. The molecule has 3 heteroatoms. The molecule has 2 rings (SSSR count). The molecular formula is C15H21NO2. The molecule has 0 aromatic heterocycles. The smallest absolute Gasteiger partial charge is 0.126 e. The first-order valence-corrected chi connectivity index (χ1v) is 6.39. The van der Waals surface area contributed by atoms with Gasteiger partial charge in [-0.3, -0.25) is 0 Å². The van der Waals surface area contributed by atoms with Crippen LogP contribution in [0.25, 0.3) is 0 Å². The Hall–Kier alpha value is -1.48. The molecule has 1 atom stereocenters. The number of hydrogen-bond donors (Lipinski definition) is 1. The van der Waals surface area contributed by atoms with Crippen molar-refractivity contribution in [3.8, 4) is 5.75 Å². The average Bonchev–Trinajstić information content (AvgIpc) is 2.38. The van der Waals surface area contributed by atoms with Crippen LogP contribution in [0.2, 0.25) is 0 Å². The quantitative estimate of drug-likeness (QED) is 0.834. The summed E-state index contributed by atoms with van der Waals surface area (Å²) in [7, 11) is 1.64. The molecule has 0 amide bonds. The van der Waals surface area contributed by atoms with Crippen molar-refractivity contribution in [2.45, 2.75) is 26.4 Å². The molecule has 1 N–H and O–H groups in total. The van der Waals surface area contributed by atoms with Gasteiger partial charge in [0.15, 0.2) is 0 Å². The van der Waals surface area contributed by atoms with Gasteiger partial charge in [0.1, 0.15) is 5.75 Å². The molecule has 18 heavy (non-hydrogen) atoms. The number of methoxy groups -OCH3 is 1. The number of nitrogens with zero attached hydrogens (tertiary/aromatic N) is 1. The number of anilines is 1. The van der Waals surface area contributed by atoms with Crippen LogP contribution in [0.1, 0.15) is 31.9 Å². The van der Waals surface area contributed by atoms with Gasteiger partial charge in [-0.15, -0.1) is 0 Å². The molecule has 0 fully saturated rings. The maximum atomic E-state index is 9.98. The molecule has 0 bridgehead atoms. The van der Waals surface area contributed by atoms with Crippen LogP contribution in [0.4, 0.5) is 5.69 Å². The largest absolute Gasteiger partial charge is 0.496 e. The van der Waals surface area contributed by atoms with Crippen LogP contribution in [-0.4, -0.2) is 25.3 Å². The van der Waals surface area contributed by atoms with E-state index in [1.54, 1.807) is 14.0 Å². The van der Waals surface area contributed by atoms with E-state index >= 15 is 0 Å². The lowest BCUT2D eigenvalue weighted by Crippen LogP contribution is -2.29. The second-order valence-electron chi connectivity index (χ2n) is 4.82. The Morgan fingerprint density at radius 2 is 2.17 bits per heavy atom. The topological polar surface area (TPSA) is 32.7 Å². The number of aliphatic hydroxyl groups excluding tert-OH is 1. The number of ether oxygens (including phenoxy) is 1. The van der Waals surface area contributed by atoms with Crippen molar-refractivity contribution < 1.29 is 9.84 Å². The lowest BCUT2D eigenvalue weighted by Gasteiger charge is -2.30. The van der Waals surface area contributed by atoms with Crippen LogP contribution in [0.5, 0.6) is 5.75 Å². The Labute approximate surface area is 109 Å². The van der Waals surface area contributed by atoms with E-state index in [0.717, 1.165) is 36.5 Å². The Kier molecular flexibility index (Phi) is 3.92. The highest BCUT2D eigenvalue weighted by Crippen LogP contribution is 2.35. The normalized spacial score (nSPS) is 17.3. The number of rotatable bonds is 3. The molecule has 0 aliphatic carbocycles. The van der Waals surface area contributed by atoms with Crippen LogP contribution < -0.4 is 9.64 Å². The van der Waals surface area contributed by atoms with E-state index in [1.165, 1.54) is 5.57 Å². The average molecular weight is 247 g/mol. The lowest BCUT2D eigenvalue weighted by atomic mass is 10.0. The van der Waals surface area contributed by atoms with Gasteiger partial charge in [0.05, 0.1) is 13.2 Å². The highest BCUT2D eigenvalue weighted by molar-refractivity contribution is 5.61. The predicted molar refractivity (Wildman–Crippen MR) is 74.2 cm³/mol. The van der Waals surface area contributed by atoms with Crippen molar-refractivity contribution in [2.75, 3.05) is 25.1 Å². The fourth-order valence-corrected chi connectivity index (χ4v) is 2.40. The molecule has 98 valence electrons. The van der Waals surface area contributed by atoms with Gasteiger partial charge in [0, 0.05) is 24.3 Å². The molecule has 1 aliphatic heterocycles. The van der Waals surface area contributed by atoms with Crippen LogP contribution in [-0.2, 0) is 0 Å². The maximum Gasteiger partial charge on any atom is 0.126 e. The van der Waals surface area contributed by atoms with Gasteiger partial charge in [0.25, 0.3) is 0 Å². The predicted octanol–water partition coefficient (Wildman–Crippen LogP) is 2.90. The van der Waals surface area contributed by atoms with Crippen molar-refractivity contribution >= 4 is 5.69 Å². The van der Waals surface area contributed by atoms with Crippen molar-refractivity contribution in [3.05, 3.63) is 35.4 Å². The van der Waals surface area contributed by atoms with E-state index in [1.807, 2.05) is 12.1 Å². The Balaban J connectivity index is 2.38. The van der Waals surface area contributed by atoms with E-state index in [2.05, 4.69) is 24.0 Å². The summed E-state index contributed by atoms with van der Waals surface area (Å²) in [6, 6.07) is 5.93. The molecule has 3 nitrogen and oxygen atoms in total. The van der Waals surface area contributed by atoms with Gasteiger partial charge in [-0.2, -0.15) is 0 Å². The summed E-state index contributed by atoms with van der Waals surface area (Å²) in [4.78, 5) is 2.29. The van der Waals surface area contributed by atoms with Crippen molar-refractivity contribution in [3.63, 3.8) is 0 Å². The number of aliphatic hydroxyl groups is 1. The minimum atomic E-state index is -0.525. The van der Waals surface area contributed by atoms with Gasteiger partial charge >= 0.3 is 0 Å². The van der Waals surface area contributed by atoms with Gasteiger partial charge in [0.2, 0.25) is 0 Å². The SMILES string of the molecule is COc1cccc(N2CC=C(C)CC2)c1[C@@H](C)O. The highest BCUT2D eigenvalue weighted by atomic mass is 16.5. The number of hydrogen-bond acceptors (Lipinski definition) is 3. The van der Waals surface area contributed by atoms with Crippen LogP contribution in [0.15, 0.2) is 29.8 Å². The van der Waals surface area contributed by atoms with Gasteiger partial charge in [-0.1, -0.05) is 17.7 Å². The fourth-order valence-electron chi connectivity index (χ4n) is 2.40. The zero-order valence-corrected chi connectivity index (χ0v) is 11.3. The van der Waals surface area contributed by atoms with E-state index < -0.39 is 6.10 Å². The summed E-state index contributed by atoms with van der Waals surface area (Å²) in [5, 5.41) is 9.98. The zero-order chi connectivity index (χ0) is 13.1. The van der Waals surface area contributed by atoms with Gasteiger partial charge in [-0.05, 0) is 32.4 Å². The van der Waals surface area contributed by atoms with Crippen LogP contribution in [0, 0.1) is 0 Å². The second kappa shape index (κ2) is 5.44. The molecular weight excluding hydrogens is 226 g/mol. The second-order valence-corrected chi connectivity index (χ2v) is 4.82. The molecule has 0 unspecified atom stereocenters. The molecule has 1 heterocycles. The lowest BCUT2D eigenvalue weighted by molar-refractivity contribution is 0.194. The van der Waals surface area contributed by atoms with Crippen LogP contribution >= 0.6 is 0 Å². The summed E-state index contributed by atoms with van der Waals surface area (Å²) in [6.07, 6.45) is 2.80. The Bertz CT molecular complexity index is 452. The van der Waals surface area contributed by atoms with E-state index in [9.17, 15) is 5.11 Å². The zero-order valence-electron chi connectivity index (χ0n) is 11.3. The number of benzene rings is 1. The summed E-state index contributed by atoms with van der Waals surface area (Å²) in [5.41, 5.74) is 3.40. The first kappa shape index (κ1) is 13.0. The van der Waals surface area contributed by atoms with E-state index in [-0.39, 0.29) is 0 Å². The third kappa shape index (κ3) is 2.51. The first-order valence-electron chi connectivity index (χ1n) is 6.39. The standard InChI is InChI=1S/C15H21NO2/c1-11-7-9-16(10-8-11)13-5-4-6-14(18-3)15(13)12(2)17/h4-7,12,17H,8-10H2,1-3H3/t12-/m1/s1. The van der Waals surface area contributed by atoms with E-state index in [0.29, 0.717) is 0 Å². The molecule has 1 aromatic carbocycles. The summed E-state index contributed by atoms with van der Waals surface area (Å²) in [6.45, 7) is 5.85. The van der Waals surface area contributed by atoms with Gasteiger partial charge in [-0.25, -0.2) is 0 Å². The molecule has 1 aromatic rings. The molecule has 0 spiro atoms. The molecule has 0 saturated carbocycles. The third-order valence-corrected chi connectivity index (χ3v) is 3.46. The Morgan fingerprint density at radius 3 is 2.72 bits per heavy atom. The molecule has 0 radical (unpaired) electrons. The van der Waals surface area contributed by atoms with Gasteiger partial charge < -0.3 is 14.7 Å². The van der Waals surface area contributed by atoms with Crippen molar-refractivity contribution in [1.82, 2.24) is 0 Å². The Morgan fingerprint density at radius 1 is 1.39 bits per heavy atom. The third-order valence-electron chi connectivity index (χ3n) is 3.46. The minimum Gasteiger partial charge on any atom is -0.496 e. The fraction of sp³-hybridized carbons (Fsp3) is 0.467. The monoisotopic (exact) mass is 247 g/mol. The summed E-state index contributed by atoms with van der Waals surface area (Å²) in [5.74, 6) is 0.758. The van der Waals surface area contributed by atoms with E-state index in [4.69, 9.17) is 4.74 Å². The van der Waals surface area contributed by atoms with Crippen molar-refractivity contribution in [2.24, 2.45) is 0 Å². The summed E-state index contributed by atoms with van der Waals surface area (Å²) < 4.78 is 5.36.